The van der Waals surface area contributed by atoms with Crippen LogP contribution in [0.15, 0.2) is 48.5 Å². The average Bonchev–Trinajstić information content (AvgIpc) is 2.92. The van der Waals surface area contributed by atoms with Gasteiger partial charge in [-0.3, -0.25) is 9.59 Å². The number of carbonyl (C=O) groups is 2. The number of para-hydroxylation sites is 1. The largest absolute Gasteiger partial charge is 0.326 e. The normalized spacial score (nSPS) is 17.4. The minimum absolute atomic E-state index is 0.00191. The zero-order valence-corrected chi connectivity index (χ0v) is 14.9. The second-order valence-corrected chi connectivity index (χ2v) is 6.93. The number of halogens is 1. The smallest absolute Gasteiger partial charge is 0.229 e. The number of amides is 2. The molecule has 118 valence electrons. The first kappa shape index (κ1) is 16.0. The van der Waals surface area contributed by atoms with Crippen LogP contribution in [-0.4, -0.2) is 18.4 Å². The summed E-state index contributed by atoms with van der Waals surface area (Å²) in [5, 5.41) is 2.90. The van der Waals surface area contributed by atoms with Gasteiger partial charge in [-0.2, -0.15) is 0 Å². The summed E-state index contributed by atoms with van der Waals surface area (Å²) in [6.45, 7) is 2.40. The molecule has 0 aliphatic carbocycles. The van der Waals surface area contributed by atoms with Gasteiger partial charge in [0, 0.05) is 27.9 Å². The third kappa shape index (κ3) is 3.55. The fourth-order valence-electron chi connectivity index (χ4n) is 2.76. The fourth-order valence-corrected chi connectivity index (χ4v) is 3.12. The van der Waals surface area contributed by atoms with E-state index in [4.69, 9.17) is 0 Å². The fraction of sp³-hybridized carbons (Fsp3) is 0.222. The molecule has 0 unspecified atom stereocenters. The molecule has 2 amide bonds. The van der Waals surface area contributed by atoms with Crippen LogP contribution in [-0.2, 0) is 9.59 Å². The molecule has 1 aliphatic heterocycles. The van der Waals surface area contributed by atoms with E-state index in [1.807, 2.05) is 55.5 Å². The third-order valence-electron chi connectivity index (χ3n) is 4.01. The Balaban J connectivity index is 1.71. The van der Waals surface area contributed by atoms with Crippen LogP contribution in [0.1, 0.15) is 12.0 Å². The molecular formula is C18H17IN2O2. The molecule has 0 bridgehead atoms. The zero-order valence-electron chi connectivity index (χ0n) is 12.8. The predicted molar refractivity (Wildman–Crippen MR) is 99.4 cm³/mol. The van der Waals surface area contributed by atoms with Gasteiger partial charge in [-0.25, -0.2) is 0 Å². The van der Waals surface area contributed by atoms with Crippen molar-refractivity contribution in [3.05, 3.63) is 57.7 Å². The topological polar surface area (TPSA) is 49.4 Å². The number of nitrogens with one attached hydrogen (secondary N) is 1. The first-order valence-corrected chi connectivity index (χ1v) is 8.55. The molecule has 0 saturated carbocycles. The number of hydrogen-bond acceptors (Lipinski definition) is 2. The van der Waals surface area contributed by atoms with Crippen LogP contribution in [0.2, 0.25) is 0 Å². The van der Waals surface area contributed by atoms with Crippen molar-refractivity contribution in [1.29, 1.82) is 0 Å². The Morgan fingerprint density at radius 3 is 2.57 bits per heavy atom. The molecule has 1 saturated heterocycles. The van der Waals surface area contributed by atoms with Crippen LogP contribution in [0.4, 0.5) is 11.4 Å². The van der Waals surface area contributed by atoms with Gasteiger partial charge in [0.1, 0.15) is 0 Å². The molecule has 23 heavy (non-hydrogen) atoms. The Bertz CT molecular complexity index is 743. The van der Waals surface area contributed by atoms with Gasteiger partial charge < -0.3 is 10.2 Å². The predicted octanol–water partition coefficient (Wildman–Crippen LogP) is 3.59. The van der Waals surface area contributed by atoms with Gasteiger partial charge in [0.05, 0.1) is 5.92 Å². The lowest BCUT2D eigenvalue weighted by Crippen LogP contribution is -2.28. The summed E-state index contributed by atoms with van der Waals surface area (Å²) in [7, 11) is 0. The van der Waals surface area contributed by atoms with Crippen molar-refractivity contribution < 1.29 is 9.59 Å². The number of benzene rings is 2. The SMILES string of the molecule is Cc1ccccc1N1C[C@@H](C(=O)Nc2ccc(I)cc2)CC1=O. The molecule has 0 radical (unpaired) electrons. The molecule has 1 N–H and O–H groups in total. The molecule has 1 aliphatic rings. The quantitative estimate of drug-likeness (QED) is 0.772. The van der Waals surface area contributed by atoms with E-state index >= 15 is 0 Å². The van der Waals surface area contributed by atoms with Gasteiger partial charge in [0.15, 0.2) is 0 Å². The lowest BCUT2D eigenvalue weighted by Gasteiger charge is -2.19. The summed E-state index contributed by atoms with van der Waals surface area (Å²) in [5.41, 5.74) is 2.69. The highest BCUT2D eigenvalue weighted by molar-refractivity contribution is 14.1. The summed E-state index contributed by atoms with van der Waals surface area (Å²) in [6.07, 6.45) is 0.254. The molecule has 1 atom stereocenters. The highest BCUT2D eigenvalue weighted by Crippen LogP contribution is 2.28. The molecule has 1 fully saturated rings. The van der Waals surface area contributed by atoms with Crippen LogP contribution in [0.3, 0.4) is 0 Å². The van der Waals surface area contributed by atoms with Crippen molar-refractivity contribution in [3.63, 3.8) is 0 Å². The minimum atomic E-state index is -0.318. The van der Waals surface area contributed by atoms with Crippen molar-refractivity contribution in [3.8, 4) is 0 Å². The van der Waals surface area contributed by atoms with E-state index in [2.05, 4.69) is 27.9 Å². The molecule has 2 aromatic carbocycles. The summed E-state index contributed by atoms with van der Waals surface area (Å²) in [6, 6.07) is 15.4. The Morgan fingerprint density at radius 2 is 1.87 bits per heavy atom. The van der Waals surface area contributed by atoms with E-state index in [9.17, 15) is 9.59 Å². The first-order chi connectivity index (χ1) is 11.0. The van der Waals surface area contributed by atoms with E-state index in [1.165, 1.54) is 0 Å². The number of aryl methyl sites for hydroxylation is 1. The van der Waals surface area contributed by atoms with Gasteiger partial charge in [0.25, 0.3) is 0 Å². The number of anilines is 2. The van der Waals surface area contributed by atoms with Crippen LogP contribution in [0.25, 0.3) is 0 Å². The second kappa shape index (κ2) is 6.70. The van der Waals surface area contributed by atoms with Crippen LogP contribution < -0.4 is 10.2 Å². The standard InChI is InChI=1S/C18H17IN2O2/c1-12-4-2-3-5-16(12)21-11-13(10-17(21)22)18(23)20-15-8-6-14(19)7-9-15/h2-9,13H,10-11H2,1H3,(H,20,23)/t13-/m0/s1. The molecule has 4 nitrogen and oxygen atoms in total. The van der Waals surface area contributed by atoms with Gasteiger partial charge in [0.2, 0.25) is 11.8 Å². The van der Waals surface area contributed by atoms with Gasteiger partial charge in [-0.1, -0.05) is 18.2 Å². The Morgan fingerprint density at radius 1 is 1.17 bits per heavy atom. The molecule has 0 aromatic heterocycles. The Labute approximate surface area is 149 Å². The van der Waals surface area contributed by atoms with Crippen LogP contribution >= 0.6 is 22.6 Å². The molecule has 0 spiro atoms. The monoisotopic (exact) mass is 420 g/mol. The Kier molecular flexibility index (Phi) is 4.66. The van der Waals surface area contributed by atoms with Crippen molar-refractivity contribution in [2.45, 2.75) is 13.3 Å². The number of rotatable bonds is 3. The highest BCUT2D eigenvalue weighted by atomic mass is 127. The lowest BCUT2D eigenvalue weighted by atomic mass is 10.1. The highest BCUT2D eigenvalue weighted by Gasteiger charge is 2.35. The maximum atomic E-state index is 12.4. The average molecular weight is 420 g/mol. The van der Waals surface area contributed by atoms with Crippen LogP contribution in [0.5, 0.6) is 0 Å². The molecule has 2 aromatic rings. The number of nitrogens with zero attached hydrogens (tertiary/aromatic N) is 1. The molecule has 1 heterocycles. The van der Waals surface area contributed by atoms with Crippen molar-refractivity contribution in [2.75, 3.05) is 16.8 Å². The van der Waals surface area contributed by atoms with E-state index < -0.39 is 0 Å². The third-order valence-corrected chi connectivity index (χ3v) is 4.73. The lowest BCUT2D eigenvalue weighted by molar-refractivity contribution is -0.122. The maximum absolute atomic E-state index is 12.4. The zero-order chi connectivity index (χ0) is 16.4. The number of carbonyl (C=O) groups excluding carboxylic acids is 2. The van der Waals surface area contributed by atoms with Gasteiger partial charge in [-0.05, 0) is 65.4 Å². The summed E-state index contributed by atoms with van der Waals surface area (Å²) in [4.78, 5) is 26.4. The molecular weight excluding hydrogens is 403 g/mol. The molecule has 3 rings (SSSR count). The van der Waals surface area contributed by atoms with E-state index in [-0.39, 0.29) is 24.2 Å². The van der Waals surface area contributed by atoms with Gasteiger partial charge in [-0.15, -0.1) is 0 Å². The summed E-state index contributed by atoms with van der Waals surface area (Å²) in [5.74, 6) is -0.418. The minimum Gasteiger partial charge on any atom is -0.326 e. The van der Waals surface area contributed by atoms with E-state index in [0.29, 0.717) is 6.54 Å². The maximum Gasteiger partial charge on any atom is 0.229 e. The van der Waals surface area contributed by atoms with Crippen molar-refractivity contribution >= 4 is 45.8 Å². The van der Waals surface area contributed by atoms with Gasteiger partial charge >= 0.3 is 0 Å². The Hall–Kier alpha value is -1.89. The number of hydrogen-bond donors (Lipinski definition) is 1. The van der Waals surface area contributed by atoms with Crippen molar-refractivity contribution in [1.82, 2.24) is 0 Å². The van der Waals surface area contributed by atoms with Crippen molar-refractivity contribution in [2.24, 2.45) is 5.92 Å². The molecule has 5 heteroatoms. The summed E-state index contributed by atoms with van der Waals surface area (Å²) >= 11 is 2.22. The van der Waals surface area contributed by atoms with E-state index in [1.54, 1.807) is 4.90 Å². The summed E-state index contributed by atoms with van der Waals surface area (Å²) < 4.78 is 1.11. The van der Waals surface area contributed by atoms with Crippen LogP contribution in [0, 0.1) is 16.4 Å². The second-order valence-electron chi connectivity index (χ2n) is 5.69. The van der Waals surface area contributed by atoms with E-state index in [0.717, 1.165) is 20.5 Å². The first-order valence-electron chi connectivity index (χ1n) is 7.47.